The highest BCUT2D eigenvalue weighted by Crippen LogP contribution is 2.38. The van der Waals surface area contributed by atoms with Gasteiger partial charge in [-0.25, -0.2) is 15.1 Å². The summed E-state index contributed by atoms with van der Waals surface area (Å²) in [5.74, 6) is 0.398. The Labute approximate surface area is 534 Å². The smallest absolute Gasteiger partial charge is 0.337 e. The fourth-order valence-electron chi connectivity index (χ4n) is 11.6. The number of carbonyl (C=O) groups is 6. The molecule has 0 bridgehead atoms. The van der Waals surface area contributed by atoms with Crippen LogP contribution in [-0.2, 0) is 43.5 Å². The van der Waals surface area contributed by atoms with E-state index in [9.17, 15) is 33.7 Å². The van der Waals surface area contributed by atoms with Crippen molar-refractivity contribution < 1.29 is 62.4 Å². The molecule has 0 spiro atoms. The highest BCUT2D eigenvalue weighted by atomic mass is 32.1. The lowest BCUT2D eigenvalue weighted by atomic mass is 9.84. The van der Waals surface area contributed by atoms with Crippen LogP contribution in [0, 0.1) is 16.7 Å². The van der Waals surface area contributed by atoms with Crippen molar-refractivity contribution >= 4 is 76.1 Å². The van der Waals surface area contributed by atoms with Gasteiger partial charge in [0.1, 0.15) is 37.1 Å². The van der Waals surface area contributed by atoms with Crippen molar-refractivity contribution in [1.29, 1.82) is 0 Å². The molecular weight excluding hydrogens is 1180 g/mol. The van der Waals surface area contributed by atoms with Crippen LogP contribution in [-0.4, -0.2) is 120 Å². The first-order valence-corrected chi connectivity index (χ1v) is 28.8. The molecule has 1 aliphatic carbocycles. The Bertz CT molecular complexity index is 3190. The van der Waals surface area contributed by atoms with Gasteiger partial charge in [0, 0.05) is 78.4 Å². The third-order valence-corrected chi connectivity index (χ3v) is 16.6. The van der Waals surface area contributed by atoms with Crippen LogP contribution in [0.4, 0.5) is 0 Å². The van der Waals surface area contributed by atoms with E-state index >= 15 is 0 Å². The van der Waals surface area contributed by atoms with Crippen LogP contribution in [0.2, 0.25) is 0 Å². The quantitative estimate of drug-likeness (QED) is 0.0531. The van der Waals surface area contributed by atoms with Crippen LogP contribution in [0.15, 0.2) is 146 Å². The third-order valence-electron chi connectivity index (χ3n) is 16.6. The number of amides is 4. The topological polar surface area (TPSA) is 223 Å². The molecule has 0 aromatic heterocycles. The van der Waals surface area contributed by atoms with Gasteiger partial charge in [0.25, 0.3) is 5.91 Å². The van der Waals surface area contributed by atoms with E-state index in [4.69, 9.17) is 28.9 Å². The summed E-state index contributed by atoms with van der Waals surface area (Å²) < 4.78 is 28.6. The summed E-state index contributed by atoms with van der Waals surface area (Å²) in [6.07, 6.45) is 4.16. The van der Waals surface area contributed by atoms with Gasteiger partial charge in [0.15, 0.2) is 7.05 Å². The van der Waals surface area contributed by atoms with E-state index in [-0.39, 0.29) is 112 Å². The maximum absolute atomic E-state index is 13.7. The predicted octanol–water partition coefficient (Wildman–Crippen LogP) is 9.46. The van der Waals surface area contributed by atoms with Crippen LogP contribution >= 0.6 is 40.5 Å². The van der Waals surface area contributed by atoms with Gasteiger partial charge < -0.3 is 43.7 Å². The van der Waals surface area contributed by atoms with E-state index in [1.807, 2.05) is 101 Å². The van der Waals surface area contributed by atoms with Gasteiger partial charge in [-0.2, -0.15) is 40.5 Å². The van der Waals surface area contributed by atoms with Crippen molar-refractivity contribution in [3.63, 3.8) is 0 Å². The van der Waals surface area contributed by atoms with Gasteiger partial charge in [-0.05, 0) is 83.5 Å². The second kappa shape index (κ2) is 32.9. The highest BCUT2D eigenvalue weighted by molar-refractivity contribution is 7.59. The summed E-state index contributed by atoms with van der Waals surface area (Å²) in [4.78, 5) is 91.6. The third kappa shape index (κ3) is 17.0. The molecule has 468 valence electrons. The van der Waals surface area contributed by atoms with E-state index in [2.05, 4.69) is 17.4 Å². The van der Waals surface area contributed by atoms with E-state index in [0.29, 0.717) is 94.2 Å². The molecule has 11 rings (SSSR count). The Morgan fingerprint density at radius 3 is 1.40 bits per heavy atom. The summed E-state index contributed by atoms with van der Waals surface area (Å²) >= 11 is 0. The minimum atomic E-state index is -0.620. The van der Waals surface area contributed by atoms with Gasteiger partial charge >= 0.3 is 11.9 Å². The first-order valence-electron chi connectivity index (χ1n) is 28.8. The number of likely N-dealkylation sites (tertiary alicyclic amines) is 1. The molecule has 3 N–H and O–H groups in total. The summed E-state index contributed by atoms with van der Waals surface area (Å²) in [6, 6.07) is 45.0. The summed E-state index contributed by atoms with van der Waals surface area (Å²) in [7, 11) is 4.28. The lowest BCUT2D eigenvalue weighted by Gasteiger charge is -2.36. The second-order valence-electron chi connectivity index (χ2n) is 21.8. The van der Waals surface area contributed by atoms with E-state index in [0.717, 1.165) is 51.2 Å². The molecule has 4 aliphatic heterocycles. The van der Waals surface area contributed by atoms with Gasteiger partial charge in [-0.3, -0.25) is 24.4 Å². The first kappa shape index (κ1) is 69.2. The van der Waals surface area contributed by atoms with Crippen molar-refractivity contribution in [2.45, 2.75) is 89.3 Å². The average molecular weight is 1260 g/mol. The zero-order chi connectivity index (χ0) is 60.0. The molecule has 6 aromatic carbocycles. The summed E-state index contributed by atoms with van der Waals surface area (Å²) in [6.45, 7) is 5.26. The van der Waals surface area contributed by atoms with Crippen molar-refractivity contribution in [2.75, 3.05) is 54.2 Å². The van der Waals surface area contributed by atoms with Crippen molar-refractivity contribution in [2.24, 2.45) is 11.8 Å². The Morgan fingerprint density at radius 1 is 0.545 bits per heavy atom. The summed E-state index contributed by atoms with van der Waals surface area (Å²) in [5.41, 5.74) is 8.71. The molecule has 0 radical (unpaired) electrons. The largest absolute Gasteiger partial charge is 0.491 e. The number of piperidine rings is 1. The maximum atomic E-state index is 13.7. The minimum absolute atomic E-state index is 0. The number of methoxy groups -OCH3 is 2. The number of carbonyl (C=O) groups excluding carboxylic acids is 6. The van der Waals surface area contributed by atoms with Gasteiger partial charge in [-0.1, -0.05) is 109 Å². The van der Waals surface area contributed by atoms with Crippen molar-refractivity contribution in [3.8, 4) is 17.2 Å². The highest BCUT2D eigenvalue weighted by Gasteiger charge is 2.39. The minimum Gasteiger partial charge on any atom is -0.491 e. The number of nitroso groups, excluding NO2 is 1. The first-order chi connectivity index (χ1) is 41.2. The number of benzene rings is 6. The fourth-order valence-corrected chi connectivity index (χ4v) is 11.6. The number of fused-ring (bicyclic) bond motifs is 3. The Morgan fingerprint density at radius 2 is 0.955 bits per heavy atom. The lowest BCUT2D eigenvalue weighted by Crippen LogP contribution is -2.45. The molecule has 3 atom stereocenters. The van der Waals surface area contributed by atoms with Crippen LogP contribution in [0.3, 0.4) is 0 Å². The Kier molecular flexibility index (Phi) is 25.9. The maximum Gasteiger partial charge on any atom is 0.337 e. The number of hydrogen-bond acceptors (Lipinski definition) is 14. The molecular formula is C66H79N6O13S3+. The van der Waals surface area contributed by atoms with Crippen molar-refractivity contribution in [1.82, 2.24) is 25.5 Å². The number of hydrogen-bond donors (Lipinski definition) is 3. The van der Waals surface area contributed by atoms with Crippen LogP contribution in [0.25, 0.3) is 0 Å². The van der Waals surface area contributed by atoms with Gasteiger partial charge in [-0.15, -0.1) is 0 Å². The van der Waals surface area contributed by atoms with E-state index in [1.165, 1.54) is 19.8 Å². The van der Waals surface area contributed by atoms with Crippen LogP contribution in [0.5, 0.6) is 17.2 Å². The number of esters is 2. The van der Waals surface area contributed by atoms with Gasteiger partial charge in [0.2, 0.25) is 23.8 Å². The lowest BCUT2D eigenvalue weighted by molar-refractivity contribution is -0.562. The normalized spacial score (nSPS) is 19.3. The monoisotopic (exact) mass is 1260 g/mol. The zero-order valence-electron chi connectivity index (χ0n) is 49.9. The van der Waals surface area contributed by atoms with Crippen LogP contribution in [0.1, 0.15) is 128 Å². The zero-order valence-corrected chi connectivity index (χ0v) is 52.9. The van der Waals surface area contributed by atoms with E-state index in [1.54, 1.807) is 66.8 Å². The molecule has 4 amide bonds. The molecule has 4 heterocycles. The van der Waals surface area contributed by atoms with Crippen LogP contribution < -0.4 is 25.0 Å². The number of hydroxylamine groups is 1. The molecule has 0 unspecified atom stereocenters. The molecule has 2 fully saturated rings. The Balaban J connectivity index is 0.000000212. The molecule has 6 aromatic rings. The Hall–Kier alpha value is -7.89. The number of rotatable bonds is 9. The number of nitrogens with one attached hydrogen (secondary N) is 2. The molecule has 1 saturated heterocycles. The van der Waals surface area contributed by atoms with E-state index < -0.39 is 11.9 Å². The summed E-state index contributed by atoms with van der Waals surface area (Å²) in [5, 5.41) is 12.4. The second-order valence-corrected chi connectivity index (χ2v) is 21.8. The molecule has 1 saturated carbocycles. The average Bonchev–Trinajstić information content (AvgIpc) is 2.35. The van der Waals surface area contributed by atoms with Crippen molar-refractivity contribution in [3.05, 3.63) is 201 Å². The molecule has 19 nitrogen and oxygen atoms in total. The standard InChI is InChI=1S/C25H29N2O5.C24H27N3O5.C17H17NO3.3H2S/c1-26(30)21-12-10-18(11-13-21)24(28)27-15-20-9-8-19(25(29)31-2)14-23(20)32-16-22(27)17-6-4-3-5-7-17;1-16(28)26-11-9-18(10-12-26)24(30)27-14-20-8-7-19(23(29)25-31)13-22(20)32-15-21(27)17-5-3-2-4-6-17;1-20-17(19)13-7-8-14-10-18-15(11-21-16(14)9-13)12-5-3-2-4-6-12;;;/h3-9,14,18,21-22H,10-13,15-16H2,1-2H3;2-8,13,18,21,31H,9-12,14-15H2,1H3,(H,25,29);2-9,15,18H,10-11H2,1H3;3*1H2/q+1;;;;;/t18?,21?,22-;21-;15-;;;/m111.../s1. The number of nitrogens with zero attached hydrogens (tertiary/aromatic N) is 4. The molecule has 5 aliphatic rings. The van der Waals surface area contributed by atoms with Gasteiger partial charge in [0.05, 0.1) is 56.6 Å². The fraction of sp³-hybridized carbons (Fsp3) is 0.364. The molecule has 22 heteroatoms. The number of ether oxygens (including phenoxy) is 5. The predicted molar refractivity (Wildman–Crippen MR) is 345 cm³/mol. The SMILES string of the molecule is CC(=O)N1CCC(C(=O)N2Cc3ccc(C(=O)NO)cc3OC[C@@H]2c2ccccc2)CC1.COC(=O)c1ccc2c(c1)OC[C@H](c1ccccc1)N(C(=O)C1CCC([N+](C)=O)CC1)C2.COC(=O)c1ccc2c(c1)OC[C@H](c1ccccc1)NC2.S.S.S. The molecule has 88 heavy (non-hydrogen) atoms.